The Balaban J connectivity index is 2.53. The standard InChI is InChI=1S/C8H7F9O/c9-4-6(13,14)8(16,17)7(4,15)18-3-1-2-5(10,11)12/h4H,1-3H2. The van der Waals surface area contributed by atoms with Crippen LogP contribution in [-0.4, -0.2) is 36.7 Å². The molecule has 1 fully saturated rings. The Morgan fingerprint density at radius 2 is 1.50 bits per heavy atom. The zero-order chi connectivity index (χ0) is 14.4. The number of ether oxygens (including phenoxy) is 1. The number of alkyl halides is 9. The van der Waals surface area contributed by atoms with Crippen LogP contribution in [-0.2, 0) is 4.74 Å². The summed E-state index contributed by atoms with van der Waals surface area (Å²) >= 11 is 0. The second-order valence-electron chi connectivity index (χ2n) is 3.77. The van der Waals surface area contributed by atoms with Crippen molar-refractivity contribution >= 4 is 0 Å². The molecule has 2 unspecified atom stereocenters. The third kappa shape index (κ3) is 2.14. The molecular weight excluding hydrogens is 283 g/mol. The highest BCUT2D eigenvalue weighted by Crippen LogP contribution is 2.61. The van der Waals surface area contributed by atoms with Crippen LogP contribution in [0.25, 0.3) is 0 Å². The fourth-order valence-electron chi connectivity index (χ4n) is 1.36. The molecule has 0 aromatic rings. The van der Waals surface area contributed by atoms with E-state index in [1.165, 1.54) is 0 Å². The molecule has 10 heteroatoms. The van der Waals surface area contributed by atoms with E-state index < -0.39 is 49.5 Å². The lowest BCUT2D eigenvalue weighted by Crippen LogP contribution is -2.79. The number of hydrogen-bond donors (Lipinski definition) is 0. The third-order valence-corrected chi connectivity index (χ3v) is 2.41. The number of rotatable bonds is 4. The van der Waals surface area contributed by atoms with E-state index in [1.807, 2.05) is 0 Å². The monoisotopic (exact) mass is 290 g/mol. The summed E-state index contributed by atoms with van der Waals surface area (Å²) in [4.78, 5) is 0. The summed E-state index contributed by atoms with van der Waals surface area (Å²) in [6, 6.07) is 0. The van der Waals surface area contributed by atoms with E-state index in [1.54, 1.807) is 0 Å². The van der Waals surface area contributed by atoms with Crippen molar-refractivity contribution in [1.29, 1.82) is 0 Å². The van der Waals surface area contributed by atoms with E-state index in [9.17, 15) is 39.5 Å². The molecule has 108 valence electrons. The molecule has 0 aromatic carbocycles. The minimum absolute atomic E-state index is 0.941. The highest BCUT2D eigenvalue weighted by Gasteiger charge is 2.91. The molecule has 1 aliphatic carbocycles. The Morgan fingerprint density at radius 1 is 1.00 bits per heavy atom. The first kappa shape index (κ1) is 15.4. The van der Waals surface area contributed by atoms with E-state index in [2.05, 4.69) is 4.74 Å². The molecule has 0 aliphatic heterocycles. The van der Waals surface area contributed by atoms with Crippen LogP contribution >= 0.6 is 0 Å². The lowest BCUT2D eigenvalue weighted by Gasteiger charge is -2.49. The molecule has 0 N–H and O–H groups in total. The largest absolute Gasteiger partial charge is 0.389 e. The Morgan fingerprint density at radius 3 is 1.89 bits per heavy atom. The predicted octanol–water partition coefficient (Wildman–Crippen LogP) is 3.63. The van der Waals surface area contributed by atoms with E-state index >= 15 is 0 Å². The first-order valence-corrected chi connectivity index (χ1v) is 4.65. The van der Waals surface area contributed by atoms with Gasteiger partial charge < -0.3 is 4.74 Å². The van der Waals surface area contributed by atoms with Crippen molar-refractivity contribution in [1.82, 2.24) is 0 Å². The second-order valence-corrected chi connectivity index (χ2v) is 3.77. The van der Waals surface area contributed by atoms with Gasteiger partial charge in [-0.1, -0.05) is 0 Å². The van der Waals surface area contributed by atoms with Gasteiger partial charge in [-0.3, -0.25) is 0 Å². The van der Waals surface area contributed by atoms with Crippen molar-refractivity contribution in [3.63, 3.8) is 0 Å². The molecule has 18 heavy (non-hydrogen) atoms. The molecule has 1 saturated carbocycles. The highest BCUT2D eigenvalue weighted by molar-refractivity contribution is 5.18. The molecular formula is C8H7F9O. The number of halogens is 9. The Kier molecular flexibility index (Phi) is 3.57. The summed E-state index contributed by atoms with van der Waals surface area (Å²) in [5, 5.41) is 0. The van der Waals surface area contributed by atoms with E-state index in [0.29, 0.717) is 0 Å². The average molecular weight is 290 g/mol. The summed E-state index contributed by atoms with van der Waals surface area (Å²) in [7, 11) is 0. The van der Waals surface area contributed by atoms with Gasteiger partial charge in [0.15, 0.2) is 0 Å². The highest BCUT2D eigenvalue weighted by atomic mass is 19.4. The van der Waals surface area contributed by atoms with Gasteiger partial charge >= 0.3 is 23.9 Å². The van der Waals surface area contributed by atoms with Gasteiger partial charge in [-0.2, -0.15) is 30.7 Å². The Bertz CT molecular complexity index is 312. The third-order valence-electron chi connectivity index (χ3n) is 2.41. The van der Waals surface area contributed by atoms with Crippen LogP contribution in [0.4, 0.5) is 39.5 Å². The minimum atomic E-state index is -5.41. The van der Waals surface area contributed by atoms with Gasteiger partial charge in [0.2, 0.25) is 6.17 Å². The van der Waals surface area contributed by atoms with Gasteiger partial charge in [0, 0.05) is 6.42 Å². The van der Waals surface area contributed by atoms with Gasteiger partial charge in [0.25, 0.3) is 0 Å². The molecule has 0 bridgehead atoms. The van der Waals surface area contributed by atoms with Gasteiger partial charge in [-0.05, 0) is 6.42 Å². The van der Waals surface area contributed by atoms with Crippen molar-refractivity contribution in [2.45, 2.75) is 42.9 Å². The normalized spacial score (nSPS) is 34.2. The Hall–Kier alpha value is -0.670. The fraction of sp³-hybridized carbons (Fsp3) is 1.00. The van der Waals surface area contributed by atoms with E-state index in [0.717, 1.165) is 0 Å². The molecule has 0 radical (unpaired) electrons. The minimum Gasteiger partial charge on any atom is -0.339 e. The predicted molar refractivity (Wildman–Crippen MR) is 39.9 cm³/mol. The summed E-state index contributed by atoms with van der Waals surface area (Å²) in [6.45, 7) is -1.25. The first-order valence-electron chi connectivity index (χ1n) is 4.65. The summed E-state index contributed by atoms with van der Waals surface area (Å²) in [5.74, 6) is -15.2. The van der Waals surface area contributed by atoms with Crippen molar-refractivity contribution < 1.29 is 44.3 Å². The van der Waals surface area contributed by atoms with Gasteiger partial charge in [-0.25, -0.2) is 8.78 Å². The molecule has 0 amide bonds. The number of hydrogen-bond acceptors (Lipinski definition) is 1. The maximum Gasteiger partial charge on any atom is 0.389 e. The van der Waals surface area contributed by atoms with Crippen LogP contribution in [0.15, 0.2) is 0 Å². The quantitative estimate of drug-likeness (QED) is 0.567. The summed E-state index contributed by atoms with van der Waals surface area (Å²) in [5.41, 5.74) is 0. The van der Waals surface area contributed by atoms with Crippen LogP contribution in [0.5, 0.6) is 0 Å². The van der Waals surface area contributed by atoms with Crippen LogP contribution in [0.1, 0.15) is 12.8 Å². The zero-order valence-corrected chi connectivity index (χ0v) is 8.51. The molecule has 1 rings (SSSR count). The van der Waals surface area contributed by atoms with Crippen molar-refractivity contribution in [3.8, 4) is 0 Å². The maximum absolute atomic E-state index is 13.1. The van der Waals surface area contributed by atoms with Crippen LogP contribution in [0.2, 0.25) is 0 Å². The lowest BCUT2D eigenvalue weighted by atomic mass is 9.80. The molecule has 1 aliphatic rings. The smallest absolute Gasteiger partial charge is 0.339 e. The molecule has 0 spiro atoms. The Labute approximate surface area is 94.9 Å². The fourth-order valence-corrected chi connectivity index (χ4v) is 1.36. The maximum atomic E-state index is 13.1. The molecule has 0 aromatic heterocycles. The van der Waals surface area contributed by atoms with Gasteiger partial charge in [-0.15, -0.1) is 0 Å². The van der Waals surface area contributed by atoms with Crippen LogP contribution in [0, 0.1) is 0 Å². The topological polar surface area (TPSA) is 9.23 Å². The van der Waals surface area contributed by atoms with Crippen molar-refractivity contribution in [3.05, 3.63) is 0 Å². The van der Waals surface area contributed by atoms with Gasteiger partial charge in [0.1, 0.15) is 0 Å². The SMILES string of the molecule is FC1C(F)(F)C(F)(F)C1(F)OCCCC(F)(F)F. The lowest BCUT2D eigenvalue weighted by molar-refractivity contribution is -0.464. The van der Waals surface area contributed by atoms with Crippen LogP contribution in [0.3, 0.4) is 0 Å². The molecule has 1 nitrogen and oxygen atoms in total. The summed E-state index contributed by atoms with van der Waals surface area (Å²) in [6.07, 6.45) is -11.0. The first-order chi connectivity index (χ1) is 7.86. The second kappa shape index (κ2) is 4.17. The van der Waals surface area contributed by atoms with Crippen molar-refractivity contribution in [2.75, 3.05) is 6.61 Å². The van der Waals surface area contributed by atoms with E-state index in [-0.39, 0.29) is 0 Å². The average Bonchev–Trinajstić information content (AvgIpc) is 2.20. The molecule has 2 atom stereocenters. The molecule has 0 heterocycles. The van der Waals surface area contributed by atoms with Crippen LogP contribution < -0.4 is 0 Å². The summed E-state index contributed by atoms with van der Waals surface area (Å²) < 4.78 is 114. The molecule has 0 saturated heterocycles. The van der Waals surface area contributed by atoms with Crippen molar-refractivity contribution in [2.24, 2.45) is 0 Å². The van der Waals surface area contributed by atoms with E-state index in [4.69, 9.17) is 0 Å². The van der Waals surface area contributed by atoms with Gasteiger partial charge in [0.05, 0.1) is 6.61 Å². The zero-order valence-electron chi connectivity index (χ0n) is 8.51.